The second kappa shape index (κ2) is 8.05. The maximum atomic E-state index is 11.0. The maximum absolute atomic E-state index is 11.0. The molecule has 0 saturated carbocycles. The Morgan fingerprint density at radius 1 is 0.821 bits per heavy atom. The van der Waals surface area contributed by atoms with Crippen molar-refractivity contribution in [3.8, 4) is 5.75 Å². The van der Waals surface area contributed by atoms with Gasteiger partial charge in [-0.25, -0.2) is 0 Å². The minimum atomic E-state index is -0.684. The lowest BCUT2D eigenvalue weighted by atomic mass is 9.91. The Balaban J connectivity index is 1.80. The number of furan rings is 1. The fourth-order valence-electron chi connectivity index (χ4n) is 3.91. The van der Waals surface area contributed by atoms with E-state index in [9.17, 15) is 15.3 Å². The first-order valence-electron chi connectivity index (χ1n) is 9.68. The van der Waals surface area contributed by atoms with E-state index in [4.69, 9.17) is 4.42 Å². The number of hydrogen-bond acceptors (Lipinski definition) is 4. The molecule has 0 aliphatic heterocycles. The number of benzene rings is 3. The quantitative estimate of drug-likeness (QED) is 0.430. The van der Waals surface area contributed by atoms with Gasteiger partial charge in [-0.2, -0.15) is 0 Å². The first-order chi connectivity index (χ1) is 13.7. The second-order valence-corrected chi connectivity index (χ2v) is 7.12. The number of aryl methyl sites for hydroxylation is 2. The summed E-state index contributed by atoms with van der Waals surface area (Å²) in [5.41, 5.74) is 4.34. The summed E-state index contributed by atoms with van der Waals surface area (Å²) < 4.78 is 5.98. The number of aliphatic hydroxyl groups excluding tert-OH is 2. The van der Waals surface area contributed by atoms with E-state index < -0.39 is 6.10 Å². The molecule has 1 aromatic heterocycles. The lowest BCUT2D eigenvalue weighted by Gasteiger charge is -2.17. The molecule has 1 atom stereocenters. The van der Waals surface area contributed by atoms with Crippen LogP contribution >= 0.6 is 0 Å². The van der Waals surface area contributed by atoms with Gasteiger partial charge >= 0.3 is 0 Å². The van der Waals surface area contributed by atoms with Gasteiger partial charge in [-0.05, 0) is 60.6 Å². The molecule has 1 unspecified atom stereocenters. The van der Waals surface area contributed by atoms with Crippen LogP contribution < -0.4 is 0 Å². The van der Waals surface area contributed by atoms with Gasteiger partial charge in [0.2, 0.25) is 0 Å². The van der Waals surface area contributed by atoms with E-state index in [0.717, 1.165) is 38.6 Å². The van der Waals surface area contributed by atoms with Gasteiger partial charge in [0.15, 0.2) is 0 Å². The Hall–Kier alpha value is -2.82. The van der Waals surface area contributed by atoms with Gasteiger partial charge in [-0.1, -0.05) is 42.5 Å². The van der Waals surface area contributed by atoms with Gasteiger partial charge in [0.25, 0.3) is 0 Å². The highest BCUT2D eigenvalue weighted by Crippen LogP contribution is 2.38. The van der Waals surface area contributed by atoms with Gasteiger partial charge in [0.05, 0.1) is 6.10 Å². The summed E-state index contributed by atoms with van der Waals surface area (Å²) in [4.78, 5) is 0. The van der Waals surface area contributed by atoms with Gasteiger partial charge in [0, 0.05) is 17.4 Å². The summed E-state index contributed by atoms with van der Waals surface area (Å²) in [6.07, 6.45) is 1.70. The van der Waals surface area contributed by atoms with Gasteiger partial charge in [-0.3, -0.25) is 0 Å². The number of phenols is 1. The van der Waals surface area contributed by atoms with Crippen LogP contribution in [0.5, 0.6) is 5.75 Å². The van der Waals surface area contributed by atoms with Crippen molar-refractivity contribution in [3.05, 3.63) is 77.4 Å². The molecule has 0 aliphatic carbocycles. The summed E-state index contributed by atoms with van der Waals surface area (Å²) in [5.74, 6) is 0.291. The first-order valence-corrected chi connectivity index (χ1v) is 9.68. The molecule has 0 amide bonds. The van der Waals surface area contributed by atoms with Crippen molar-refractivity contribution in [2.45, 2.75) is 31.8 Å². The Bertz CT molecular complexity index is 1100. The highest BCUT2D eigenvalue weighted by molar-refractivity contribution is 6.07. The number of fused-ring (bicyclic) bond motifs is 3. The fourth-order valence-corrected chi connectivity index (χ4v) is 3.91. The number of para-hydroxylation sites is 2. The van der Waals surface area contributed by atoms with Crippen molar-refractivity contribution >= 4 is 21.9 Å². The Labute approximate surface area is 163 Å². The number of aromatic hydroxyl groups is 1. The molecular formula is C24H24O4. The molecule has 1 heterocycles. The van der Waals surface area contributed by atoms with Crippen LogP contribution in [0.1, 0.15) is 35.6 Å². The van der Waals surface area contributed by atoms with E-state index in [0.29, 0.717) is 31.4 Å². The minimum absolute atomic E-state index is 0.0480. The molecule has 3 N–H and O–H groups in total. The topological polar surface area (TPSA) is 73.8 Å². The fraction of sp³-hybridized carbons (Fsp3) is 0.250. The van der Waals surface area contributed by atoms with Crippen molar-refractivity contribution in [2.24, 2.45) is 0 Å². The summed E-state index contributed by atoms with van der Waals surface area (Å²) >= 11 is 0. The molecule has 0 fully saturated rings. The summed E-state index contributed by atoms with van der Waals surface area (Å²) in [6.45, 7) is 0.0480. The maximum Gasteiger partial charge on any atom is 0.135 e. The average molecular weight is 376 g/mol. The van der Waals surface area contributed by atoms with E-state index >= 15 is 0 Å². The highest BCUT2D eigenvalue weighted by atomic mass is 16.3. The molecule has 0 bridgehead atoms. The Kier molecular flexibility index (Phi) is 5.33. The predicted molar refractivity (Wildman–Crippen MR) is 111 cm³/mol. The molecule has 28 heavy (non-hydrogen) atoms. The van der Waals surface area contributed by atoms with Crippen molar-refractivity contribution < 1.29 is 19.7 Å². The number of rotatable bonds is 7. The highest BCUT2D eigenvalue weighted by Gasteiger charge is 2.20. The van der Waals surface area contributed by atoms with Crippen LogP contribution in [0.4, 0.5) is 0 Å². The van der Waals surface area contributed by atoms with Gasteiger partial charge < -0.3 is 19.7 Å². The monoisotopic (exact) mass is 376 g/mol. The third-order valence-electron chi connectivity index (χ3n) is 5.30. The lowest BCUT2D eigenvalue weighted by molar-refractivity contribution is 0.152. The van der Waals surface area contributed by atoms with Crippen molar-refractivity contribution in [3.63, 3.8) is 0 Å². The van der Waals surface area contributed by atoms with Crippen LogP contribution in [-0.4, -0.2) is 21.9 Å². The number of aliphatic hydroxyl groups is 2. The molecule has 4 aromatic rings. The number of phenolic OH excluding ortho intramolecular Hbond substituents is 1. The number of hydrogen-bond donors (Lipinski definition) is 3. The summed E-state index contributed by atoms with van der Waals surface area (Å²) in [5, 5.41) is 32.2. The van der Waals surface area contributed by atoms with Crippen LogP contribution in [0.15, 0.2) is 65.1 Å². The predicted octanol–water partition coefficient (Wildman–Crippen LogP) is 4.88. The van der Waals surface area contributed by atoms with E-state index in [1.807, 2.05) is 54.6 Å². The van der Waals surface area contributed by atoms with Gasteiger partial charge in [0.1, 0.15) is 16.9 Å². The lowest BCUT2D eigenvalue weighted by Crippen LogP contribution is -2.05. The molecule has 0 saturated heterocycles. The van der Waals surface area contributed by atoms with Crippen molar-refractivity contribution in [2.75, 3.05) is 6.61 Å². The largest absolute Gasteiger partial charge is 0.508 e. The summed E-state index contributed by atoms with van der Waals surface area (Å²) in [6, 6.07) is 19.1. The van der Waals surface area contributed by atoms with E-state index in [2.05, 4.69) is 0 Å². The molecule has 4 heteroatoms. The Morgan fingerprint density at radius 2 is 1.57 bits per heavy atom. The molecule has 0 aliphatic rings. The average Bonchev–Trinajstić information content (AvgIpc) is 3.09. The van der Waals surface area contributed by atoms with Crippen molar-refractivity contribution in [1.29, 1.82) is 0 Å². The van der Waals surface area contributed by atoms with Crippen LogP contribution in [0, 0.1) is 0 Å². The summed E-state index contributed by atoms with van der Waals surface area (Å²) in [7, 11) is 0. The zero-order chi connectivity index (χ0) is 19.5. The van der Waals surface area contributed by atoms with E-state index in [1.165, 1.54) is 0 Å². The van der Waals surface area contributed by atoms with E-state index in [-0.39, 0.29) is 6.61 Å². The standard InChI is InChI=1S/C24H24O4/c25-15-5-9-20(27)23-17(12-11-16-6-1-3-8-19(16)26)13-14-22-24(23)18-7-2-4-10-21(18)28-22/h1-4,6-8,10,13-14,20,25-27H,5,9,11-12,15H2. The molecule has 3 aromatic carbocycles. The smallest absolute Gasteiger partial charge is 0.135 e. The second-order valence-electron chi connectivity index (χ2n) is 7.12. The molecule has 4 nitrogen and oxygen atoms in total. The van der Waals surface area contributed by atoms with E-state index in [1.54, 1.807) is 6.07 Å². The van der Waals surface area contributed by atoms with Crippen LogP contribution in [0.25, 0.3) is 21.9 Å². The minimum Gasteiger partial charge on any atom is -0.508 e. The SMILES string of the molecule is OCCCC(O)c1c(CCc2ccccc2O)ccc2oc3ccccc3c12. The molecule has 0 radical (unpaired) electrons. The first kappa shape index (κ1) is 18.5. The Morgan fingerprint density at radius 3 is 2.39 bits per heavy atom. The zero-order valence-electron chi connectivity index (χ0n) is 15.6. The third-order valence-corrected chi connectivity index (χ3v) is 5.30. The third kappa shape index (κ3) is 3.49. The molecular weight excluding hydrogens is 352 g/mol. The molecule has 0 spiro atoms. The van der Waals surface area contributed by atoms with Gasteiger partial charge in [-0.15, -0.1) is 0 Å². The van der Waals surface area contributed by atoms with Crippen LogP contribution in [0.3, 0.4) is 0 Å². The zero-order valence-corrected chi connectivity index (χ0v) is 15.6. The molecule has 144 valence electrons. The van der Waals surface area contributed by atoms with Crippen molar-refractivity contribution in [1.82, 2.24) is 0 Å². The van der Waals surface area contributed by atoms with Crippen LogP contribution in [0.2, 0.25) is 0 Å². The van der Waals surface area contributed by atoms with Crippen LogP contribution in [-0.2, 0) is 12.8 Å². The molecule has 4 rings (SSSR count). The normalized spacial score (nSPS) is 12.6.